The van der Waals surface area contributed by atoms with Gasteiger partial charge in [-0.25, -0.2) is 4.79 Å². The maximum absolute atomic E-state index is 13.1. The number of rotatable bonds is 6. The van der Waals surface area contributed by atoms with Crippen LogP contribution in [0.4, 0.5) is 11.5 Å². The maximum Gasteiger partial charge on any atom is 0.330 e. The second-order valence-corrected chi connectivity index (χ2v) is 7.80. The second kappa shape index (κ2) is 9.27. The van der Waals surface area contributed by atoms with Crippen LogP contribution in [0.15, 0.2) is 39.9 Å². The van der Waals surface area contributed by atoms with Gasteiger partial charge in [-0.3, -0.25) is 24.0 Å². The summed E-state index contributed by atoms with van der Waals surface area (Å²) in [5, 5.41) is 0. The summed E-state index contributed by atoms with van der Waals surface area (Å²) in [6.07, 6.45) is 0.126. The van der Waals surface area contributed by atoms with Crippen LogP contribution in [0, 0.1) is 0 Å². The predicted molar refractivity (Wildman–Crippen MR) is 115 cm³/mol. The van der Waals surface area contributed by atoms with E-state index in [0.717, 1.165) is 10.5 Å². The molecular formula is C21H30N5O4+. The second-order valence-electron chi connectivity index (χ2n) is 7.80. The van der Waals surface area contributed by atoms with Crippen molar-refractivity contribution in [1.82, 2.24) is 9.55 Å². The number of carbonyl (C=O) groups excluding carboxylic acids is 1. The molecule has 1 aromatic carbocycles. The van der Waals surface area contributed by atoms with E-state index >= 15 is 0 Å². The first-order valence-corrected chi connectivity index (χ1v) is 10.3. The Balaban J connectivity index is 1.90. The zero-order chi connectivity index (χ0) is 21.8. The summed E-state index contributed by atoms with van der Waals surface area (Å²) in [5.74, 6) is -0.225. The lowest BCUT2D eigenvalue weighted by Crippen LogP contribution is -3.16. The largest absolute Gasteiger partial charge is 0.383 e. The van der Waals surface area contributed by atoms with E-state index in [0.29, 0.717) is 13.1 Å². The van der Waals surface area contributed by atoms with Crippen molar-refractivity contribution >= 4 is 17.4 Å². The molecule has 0 spiro atoms. The van der Waals surface area contributed by atoms with Crippen molar-refractivity contribution in [1.29, 1.82) is 0 Å². The fourth-order valence-corrected chi connectivity index (χ4v) is 4.06. The topological polar surface area (TPSA) is 115 Å². The number of H-pyrrole nitrogens is 1. The third-order valence-electron chi connectivity index (χ3n) is 5.30. The van der Waals surface area contributed by atoms with E-state index < -0.39 is 11.2 Å². The van der Waals surface area contributed by atoms with Gasteiger partial charge in [0.05, 0.1) is 6.54 Å². The minimum absolute atomic E-state index is 0.0125. The standard InChI is InChI=1S/C21H29N5O4/c1-4-25(17(27)13-24-10-14(2)30-15(3)11-24)18-19(22)26(21(29)23-20(18)28)12-16-8-6-5-7-9-16/h5-9,14-15H,4,10-13,22H2,1-3H3,(H,23,28,29)/p+1/t14-,15-/m1/s1. The van der Waals surface area contributed by atoms with Crippen LogP contribution in [0.5, 0.6) is 0 Å². The molecule has 1 aromatic heterocycles. The lowest BCUT2D eigenvalue weighted by atomic mass is 10.2. The van der Waals surface area contributed by atoms with Gasteiger partial charge in [-0.1, -0.05) is 30.3 Å². The molecule has 0 bridgehead atoms. The fourth-order valence-electron chi connectivity index (χ4n) is 4.06. The van der Waals surface area contributed by atoms with Gasteiger partial charge in [-0.15, -0.1) is 0 Å². The number of amides is 1. The van der Waals surface area contributed by atoms with Crippen LogP contribution in [0.25, 0.3) is 0 Å². The lowest BCUT2D eigenvalue weighted by Gasteiger charge is -2.33. The van der Waals surface area contributed by atoms with E-state index in [-0.39, 0.29) is 49.3 Å². The number of nitrogen functional groups attached to an aromatic ring is 1. The van der Waals surface area contributed by atoms with E-state index in [1.54, 1.807) is 6.92 Å². The summed E-state index contributed by atoms with van der Waals surface area (Å²) in [7, 11) is 0. The quantitative estimate of drug-likeness (QED) is 0.571. The average Bonchev–Trinajstić information content (AvgIpc) is 2.68. The number of likely N-dealkylation sites (N-methyl/N-ethyl adjacent to an activating group) is 1. The van der Waals surface area contributed by atoms with Gasteiger partial charge < -0.3 is 15.4 Å². The zero-order valence-corrected chi connectivity index (χ0v) is 17.7. The van der Waals surface area contributed by atoms with Crippen molar-refractivity contribution in [3.05, 3.63) is 56.7 Å². The van der Waals surface area contributed by atoms with Gasteiger partial charge in [0.1, 0.15) is 31.1 Å². The SMILES string of the molecule is CCN(C(=O)C[NH+]1C[C@@H](C)O[C@H](C)C1)c1c(N)n(Cc2ccccc2)c(=O)[nH]c1=O. The third kappa shape index (κ3) is 4.80. The highest BCUT2D eigenvalue weighted by atomic mass is 16.5. The number of ether oxygens (including phenoxy) is 1. The molecule has 0 unspecified atom stereocenters. The molecule has 4 N–H and O–H groups in total. The van der Waals surface area contributed by atoms with Crippen molar-refractivity contribution in [3.8, 4) is 0 Å². The Hall–Kier alpha value is -2.91. The lowest BCUT2D eigenvalue weighted by molar-refractivity contribution is -0.907. The van der Waals surface area contributed by atoms with Crippen LogP contribution in [0.1, 0.15) is 26.3 Å². The fraction of sp³-hybridized carbons (Fsp3) is 0.476. The number of aromatic nitrogens is 2. The number of nitrogens with zero attached hydrogens (tertiary/aromatic N) is 2. The molecule has 162 valence electrons. The van der Waals surface area contributed by atoms with Crippen LogP contribution in [-0.4, -0.2) is 53.8 Å². The molecule has 0 saturated carbocycles. The number of benzene rings is 1. The maximum atomic E-state index is 13.1. The van der Waals surface area contributed by atoms with E-state index in [2.05, 4.69) is 4.98 Å². The van der Waals surface area contributed by atoms with Gasteiger partial charge in [0.2, 0.25) is 0 Å². The van der Waals surface area contributed by atoms with Gasteiger partial charge >= 0.3 is 5.69 Å². The number of quaternary nitrogens is 1. The smallest absolute Gasteiger partial charge is 0.330 e. The molecular weight excluding hydrogens is 386 g/mol. The molecule has 9 heteroatoms. The molecule has 3 rings (SSSR count). The van der Waals surface area contributed by atoms with Crippen molar-refractivity contribution in [2.75, 3.05) is 36.8 Å². The third-order valence-corrected chi connectivity index (χ3v) is 5.30. The van der Waals surface area contributed by atoms with Crippen LogP contribution < -0.4 is 26.8 Å². The van der Waals surface area contributed by atoms with Gasteiger partial charge in [0.15, 0.2) is 12.2 Å². The van der Waals surface area contributed by atoms with Gasteiger partial charge in [0.25, 0.3) is 11.5 Å². The minimum Gasteiger partial charge on any atom is -0.383 e. The number of aromatic amines is 1. The van der Waals surface area contributed by atoms with Crippen LogP contribution in [0.3, 0.4) is 0 Å². The van der Waals surface area contributed by atoms with Gasteiger partial charge in [-0.05, 0) is 26.3 Å². The number of nitrogens with one attached hydrogen (secondary N) is 2. The number of anilines is 2. The molecule has 2 atom stereocenters. The highest BCUT2D eigenvalue weighted by Crippen LogP contribution is 2.17. The molecule has 1 aliphatic heterocycles. The Morgan fingerprint density at radius 3 is 2.47 bits per heavy atom. The molecule has 1 saturated heterocycles. The van der Waals surface area contributed by atoms with Crippen molar-refractivity contribution in [2.24, 2.45) is 0 Å². The van der Waals surface area contributed by atoms with E-state index in [9.17, 15) is 14.4 Å². The monoisotopic (exact) mass is 416 g/mol. The summed E-state index contributed by atoms with van der Waals surface area (Å²) < 4.78 is 7.02. The molecule has 30 heavy (non-hydrogen) atoms. The number of nitrogens with two attached hydrogens (primary N) is 1. The molecule has 2 heterocycles. The molecule has 9 nitrogen and oxygen atoms in total. The number of carbonyl (C=O) groups is 1. The normalized spacial score (nSPS) is 21.4. The Labute approximate surface area is 175 Å². The first kappa shape index (κ1) is 21.8. The zero-order valence-electron chi connectivity index (χ0n) is 17.7. The van der Waals surface area contributed by atoms with Gasteiger partial charge in [-0.2, -0.15) is 0 Å². The summed E-state index contributed by atoms with van der Waals surface area (Å²) in [6.45, 7) is 7.88. The average molecular weight is 417 g/mol. The Bertz CT molecular complexity index is 991. The minimum atomic E-state index is -0.657. The first-order chi connectivity index (χ1) is 14.3. The highest BCUT2D eigenvalue weighted by molar-refractivity contribution is 5.96. The number of morpholine rings is 1. The van der Waals surface area contributed by atoms with E-state index in [4.69, 9.17) is 10.5 Å². The molecule has 1 amide bonds. The van der Waals surface area contributed by atoms with E-state index in [1.807, 2.05) is 44.2 Å². The number of hydrogen-bond donors (Lipinski definition) is 3. The first-order valence-electron chi connectivity index (χ1n) is 10.3. The summed E-state index contributed by atoms with van der Waals surface area (Å²) in [6, 6.07) is 9.32. The van der Waals surface area contributed by atoms with Gasteiger partial charge in [0, 0.05) is 6.54 Å². The Morgan fingerprint density at radius 1 is 1.23 bits per heavy atom. The van der Waals surface area contributed by atoms with E-state index in [1.165, 1.54) is 9.47 Å². The number of hydrogen-bond acceptors (Lipinski definition) is 5. The molecule has 1 aliphatic rings. The highest BCUT2D eigenvalue weighted by Gasteiger charge is 2.30. The summed E-state index contributed by atoms with van der Waals surface area (Å²) >= 11 is 0. The van der Waals surface area contributed by atoms with Crippen molar-refractivity contribution in [3.63, 3.8) is 0 Å². The molecule has 0 aliphatic carbocycles. The summed E-state index contributed by atoms with van der Waals surface area (Å²) in [5.41, 5.74) is 5.87. The predicted octanol–water partition coefficient (Wildman–Crippen LogP) is -0.788. The van der Waals surface area contributed by atoms with Crippen LogP contribution in [-0.2, 0) is 16.1 Å². The molecule has 0 radical (unpaired) electrons. The van der Waals surface area contributed by atoms with Crippen LogP contribution >= 0.6 is 0 Å². The summed E-state index contributed by atoms with van der Waals surface area (Å²) in [4.78, 5) is 42.8. The van der Waals surface area contributed by atoms with Crippen molar-refractivity contribution in [2.45, 2.75) is 39.5 Å². The molecule has 1 fully saturated rings. The Morgan fingerprint density at radius 2 is 1.87 bits per heavy atom. The van der Waals surface area contributed by atoms with Crippen LogP contribution in [0.2, 0.25) is 0 Å². The Kier molecular flexibility index (Phi) is 6.73. The van der Waals surface area contributed by atoms with Crippen molar-refractivity contribution < 1.29 is 14.4 Å². The molecule has 2 aromatic rings.